The van der Waals surface area contributed by atoms with Crippen LogP contribution in [0.5, 0.6) is 0 Å². The molecule has 3 aromatic rings. The first-order chi connectivity index (χ1) is 10.1. The number of halogens is 1. The van der Waals surface area contributed by atoms with Crippen LogP contribution in [0.3, 0.4) is 0 Å². The Morgan fingerprint density at radius 2 is 2.19 bits per heavy atom. The van der Waals surface area contributed by atoms with Gasteiger partial charge in [-0.1, -0.05) is 23.7 Å². The molecule has 0 radical (unpaired) electrons. The van der Waals surface area contributed by atoms with Crippen LogP contribution in [0.4, 0.5) is 0 Å². The highest BCUT2D eigenvalue weighted by atomic mass is 35.5. The third-order valence-electron chi connectivity index (χ3n) is 3.41. The maximum Gasteiger partial charge on any atom is 0.276 e. The van der Waals surface area contributed by atoms with Gasteiger partial charge in [0.15, 0.2) is 5.65 Å². The van der Waals surface area contributed by atoms with Gasteiger partial charge < -0.3 is 5.11 Å². The van der Waals surface area contributed by atoms with Gasteiger partial charge in [-0.05, 0) is 19.1 Å². The summed E-state index contributed by atoms with van der Waals surface area (Å²) in [6.07, 6.45) is 0.298. The molecule has 0 spiro atoms. The maximum atomic E-state index is 12.4. The lowest BCUT2D eigenvalue weighted by Crippen LogP contribution is -2.22. The van der Waals surface area contributed by atoms with Crippen LogP contribution in [-0.2, 0) is 6.42 Å². The summed E-state index contributed by atoms with van der Waals surface area (Å²) in [7, 11) is 0. The zero-order valence-corrected chi connectivity index (χ0v) is 12.2. The highest BCUT2D eigenvalue weighted by Gasteiger charge is 2.12. The zero-order valence-electron chi connectivity index (χ0n) is 11.4. The quantitative estimate of drug-likeness (QED) is 0.779. The van der Waals surface area contributed by atoms with E-state index in [-0.39, 0.29) is 12.2 Å². The normalized spacial score (nSPS) is 11.2. The van der Waals surface area contributed by atoms with Crippen molar-refractivity contribution in [1.29, 1.82) is 0 Å². The van der Waals surface area contributed by atoms with E-state index in [9.17, 15) is 4.79 Å². The Morgan fingerprint density at radius 1 is 1.38 bits per heavy atom. The van der Waals surface area contributed by atoms with Crippen LogP contribution >= 0.6 is 11.6 Å². The Balaban J connectivity index is 2.21. The summed E-state index contributed by atoms with van der Waals surface area (Å²) in [4.78, 5) is 16.8. The third kappa shape index (κ3) is 2.46. The second-order valence-electron chi connectivity index (χ2n) is 4.83. The molecule has 0 saturated carbocycles. The zero-order chi connectivity index (χ0) is 15.0. The largest absolute Gasteiger partial charge is 0.396 e. The molecule has 2 aromatic heterocycles. The monoisotopic (exact) mass is 303 g/mol. The summed E-state index contributed by atoms with van der Waals surface area (Å²) >= 11 is 5.99. The average molecular weight is 304 g/mol. The summed E-state index contributed by atoms with van der Waals surface area (Å²) in [6.45, 7) is 1.70. The van der Waals surface area contributed by atoms with Crippen molar-refractivity contribution in [2.75, 3.05) is 6.61 Å². The molecule has 6 heteroatoms. The molecule has 0 bridgehead atoms. The molecule has 2 N–H and O–H groups in total. The summed E-state index contributed by atoms with van der Waals surface area (Å²) in [5.41, 5.74) is 3.19. The summed E-state index contributed by atoms with van der Waals surface area (Å²) in [5, 5.41) is 12.7. The second kappa shape index (κ2) is 5.35. The molecule has 21 heavy (non-hydrogen) atoms. The Bertz CT molecular complexity index is 867. The number of aromatic nitrogens is 3. The first kappa shape index (κ1) is 13.9. The summed E-state index contributed by atoms with van der Waals surface area (Å²) < 4.78 is 1.40. The third-order valence-corrected chi connectivity index (χ3v) is 3.65. The van der Waals surface area contributed by atoms with Gasteiger partial charge in [0.25, 0.3) is 5.56 Å². The number of benzene rings is 1. The lowest BCUT2D eigenvalue weighted by molar-refractivity contribution is 0.298. The molecular weight excluding hydrogens is 290 g/mol. The van der Waals surface area contributed by atoms with E-state index in [4.69, 9.17) is 16.7 Å². The van der Waals surface area contributed by atoms with Crippen molar-refractivity contribution >= 4 is 17.2 Å². The predicted octanol–water partition coefficient (Wildman–Crippen LogP) is 2.19. The molecule has 0 aliphatic rings. The van der Waals surface area contributed by atoms with Gasteiger partial charge in [-0.15, -0.1) is 0 Å². The Hall–Kier alpha value is -2.11. The molecule has 1 aromatic carbocycles. The van der Waals surface area contributed by atoms with Crippen LogP contribution in [0.15, 0.2) is 35.1 Å². The summed E-state index contributed by atoms with van der Waals surface area (Å²) in [5.74, 6) is 0. The van der Waals surface area contributed by atoms with E-state index in [1.165, 1.54) is 4.52 Å². The number of aromatic amines is 1. The van der Waals surface area contributed by atoms with Crippen molar-refractivity contribution in [3.63, 3.8) is 0 Å². The summed E-state index contributed by atoms with van der Waals surface area (Å²) in [6, 6.07) is 9.17. The van der Waals surface area contributed by atoms with Crippen molar-refractivity contribution in [2.45, 2.75) is 13.3 Å². The molecule has 5 nitrogen and oxygen atoms in total. The molecular formula is C15H14ClN3O2. The number of hydrogen-bond acceptors (Lipinski definition) is 3. The Kier molecular flexibility index (Phi) is 3.53. The van der Waals surface area contributed by atoms with Gasteiger partial charge in [0.1, 0.15) is 0 Å². The number of aliphatic hydroxyl groups is 1. The van der Waals surface area contributed by atoms with Crippen molar-refractivity contribution in [2.24, 2.45) is 0 Å². The van der Waals surface area contributed by atoms with Gasteiger partial charge in [-0.3, -0.25) is 9.89 Å². The average Bonchev–Trinajstić information content (AvgIpc) is 2.87. The molecule has 0 aliphatic carbocycles. The molecule has 0 aliphatic heterocycles. The lowest BCUT2D eigenvalue weighted by Gasteiger charge is -2.03. The van der Waals surface area contributed by atoms with Gasteiger partial charge in [-0.25, -0.2) is 9.50 Å². The first-order valence-corrected chi connectivity index (χ1v) is 6.96. The highest BCUT2D eigenvalue weighted by Crippen LogP contribution is 2.22. The van der Waals surface area contributed by atoms with Crippen LogP contribution in [0, 0.1) is 6.92 Å². The van der Waals surface area contributed by atoms with E-state index < -0.39 is 0 Å². The highest BCUT2D eigenvalue weighted by molar-refractivity contribution is 6.30. The molecule has 2 heterocycles. The number of nitrogens with one attached hydrogen (secondary N) is 1. The van der Waals surface area contributed by atoms with Crippen molar-refractivity contribution in [3.8, 4) is 11.3 Å². The fourth-order valence-electron chi connectivity index (χ4n) is 2.37. The van der Waals surface area contributed by atoms with Gasteiger partial charge in [0.2, 0.25) is 0 Å². The van der Waals surface area contributed by atoms with E-state index in [0.29, 0.717) is 28.3 Å². The fourth-order valence-corrected chi connectivity index (χ4v) is 2.56. The second-order valence-corrected chi connectivity index (χ2v) is 5.26. The number of rotatable bonds is 3. The molecule has 0 fully saturated rings. The molecule has 0 atom stereocenters. The smallest absolute Gasteiger partial charge is 0.276 e. The predicted molar refractivity (Wildman–Crippen MR) is 81.8 cm³/mol. The van der Waals surface area contributed by atoms with Crippen molar-refractivity contribution in [3.05, 3.63) is 57.0 Å². The van der Waals surface area contributed by atoms with E-state index in [2.05, 4.69) is 10.1 Å². The first-order valence-electron chi connectivity index (χ1n) is 6.58. The van der Waals surface area contributed by atoms with E-state index in [1.807, 2.05) is 24.3 Å². The Labute approximate surface area is 125 Å². The standard InChI is InChI=1S/C15H14ClN3O2/c1-9-12(5-6-20)15(21)19-14(17-9)8-13(18-19)10-3-2-4-11(16)7-10/h2-4,7-8,18,20H,5-6H2,1H3. The van der Waals surface area contributed by atoms with Gasteiger partial charge in [0.05, 0.1) is 5.69 Å². The number of H-pyrrole nitrogens is 1. The number of aryl methyl sites for hydroxylation is 1. The number of aliphatic hydroxyl groups excluding tert-OH is 1. The van der Waals surface area contributed by atoms with E-state index >= 15 is 0 Å². The van der Waals surface area contributed by atoms with Gasteiger partial charge in [0, 0.05) is 40.9 Å². The molecule has 3 rings (SSSR count). The SMILES string of the molecule is Cc1nc2cc(-c3cccc(Cl)c3)[nH]n2c(=O)c1CCO. The lowest BCUT2D eigenvalue weighted by atomic mass is 10.1. The minimum atomic E-state index is -0.181. The topological polar surface area (TPSA) is 70.4 Å². The number of nitrogens with zero attached hydrogens (tertiary/aromatic N) is 2. The Morgan fingerprint density at radius 3 is 2.90 bits per heavy atom. The van der Waals surface area contributed by atoms with Crippen LogP contribution in [0.1, 0.15) is 11.3 Å². The maximum absolute atomic E-state index is 12.4. The minimum absolute atomic E-state index is 0.0777. The van der Waals surface area contributed by atoms with E-state index in [0.717, 1.165) is 11.3 Å². The fraction of sp³-hybridized carbons (Fsp3) is 0.200. The van der Waals surface area contributed by atoms with Crippen LogP contribution in [0.2, 0.25) is 5.02 Å². The number of hydrogen-bond donors (Lipinski definition) is 2. The molecule has 0 unspecified atom stereocenters. The van der Waals surface area contributed by atoms with Crippen LogP contribution < -0.4 is 5.56 Å². The minimum Gasteiger partial charge on any atom is -0.396 e. The van der Waals surface area contributed by atoms with Crippen LogP contribution in [-0.4, -0.2) is 26.3 Å². The van der Waals surface area contributed by atoms with Gasteiger partial charge in [-0.2, -0.15) is 0 Å². The molecule has 108 valence electrons. The van der Waals surface area contributed by atoms with Crippen molar-refractivity contribution < 1.29 is 5.11 Å². The van der Waals surface area contributed by atoms with Gasteiger partial charge >= 0.3 is 0 Å². The van der Waals surface area contributed by atoms with Crippen LogP contribution in [0.25, 0.3) is 16.9 Å². The van der Waals surface area contributed by atoms with Crippen molar-refractivity contribution in [1.82, 2.24) is 14.6 Å². The number of fused-ring (bicyclic) bond motifs is 1. The van der Waals surface area contributed by atoms with E-state index in [1.54, 1.807) is 13.0 Å². The molecule has 0 saturated heterocycles. The molecule has 0 amide bonds.